The van der Waals surface area contributed by atoms with Gasteiger partial charge in [-0.1, -0.05) is 30.3 Å². The quantitative estimate of drug-likeness (QED) is 0.236. The molecule has 0 spiro atoms. The van der Waals surface area contributed by atoms with Gasteiger partial charge in [0.15, 0.2) is 30.4 Å². The van der Waals surface area contributed by atoms with Crippen LogP contribution >= 0.6 is 0 Å². The van der Waals surface area contributed by atoms with E-state index in [0.717, 1.165) is 5.69 Å². The van der Waals surface area contributed by atoms with Crippen LogP contribution in [0.15, 0.2) is 48.7 Å². The molecule has 0 amide bonds. The predicted molar refractivity (Wildman–Crippen MR) is 102 cm³/mol. The van der Waals surface area contributed by atoms with Crippen molar-refractivity contribution in [3.05, 3.63) is 54.2 Å². The van der Waals surface area contributed by atoms with Gasteiger partial charge in [0.1, 0.15) is 0 Å². The Labute approximate surface area is 222 Å². The Kier molecular flexibility index (Phi) is 16.1. The average molecular weight is 809 g/mol. The Hall–Kier alpha value is -1.88. The van der Waals surface area contributed by atoms with Gasteiger partial charge in [-0.3, -0.25) is 4.98 Å². The number of hydrogen-bond acceptors (Lipinski definition) is 10. The minimum absolute atomic E-state index is 0. The van der Waals surface area contributed by atoms with E-state index in [1.54, 1.807) is 0 Å². The van der Waals surface area contributed by atoms with E-state index in [1.165, 1.54) is 11.1 Å². The number of aromatic nitrogens is 1. The molecule has 0 radical (unpaired) electrons. The second-order valence-electron chi connectivity index (χ2n) is 5.78. The first-order chi connectivity index (χ1) is 16.1. The first-order valence-electron chi connectivity index (χ1n) is 8.16. The van der Waals surface area contributed by atoms with Crippen molar-refractivity contribution in [2.24, 2.45) is 0 Å². The molecular formula is C15H11F9IrNO9S3. The summed E-state index contributed by atoms with van der Waals surface area (Å²) in [6.07, 6.45) is 1.84. The first kappa shape index (κ1) is 40.6. The topological polar surface area (TPSA) is 184 Å². The van der Waals surface area contributed by atoms with Crippen molar-refractivity contribution in [3.8, 4) is 11.3 Å². The third-order valence-corrected chi connectivity index (χ3v) is 4.54. The predicted octanol–water partition coefficient (Wildman–Crippen LogP) is 3.21. The van der Waals surface area contributed by atoms with E-state index < -0.39 is 46.9 Å². The third-order valence-electron chi connectivity index (χ3n) is 2.84. The molecule has 0 N–H and O–H groups in total. The number of pyridine rings is 1. The van der Waals surface area contributed by atoms with E-state index in [2.05, 4.69) is 30.1 Å². The van der Waals surface area contributed by atoms with Crippen LogP contribution in [0.3, 0.4) is 0 Å². The fourth-order valence-corrected chi connectivity index (χ4v) is 1.30. The standard InChI is InChI=1S/C12H11N.3CHF3O3S.Ir/c1-10-7-8-13-12(9-10)11-5-3-2-4-6-11;3*2-1(3,4)8(5,6)7;/h2-9H,1H3;3*(H,5,6,7);/q;;;;+3/p-3. The Morgan fingerprint density at radius 2 is 0.921 bits per heavy atom. The van der Waals surface area contributed by atoms with Gasteiger partial charge in [0.25, 0.3) is 0 Å². The molecule has 0 saturated heterocycles. The van der Waals surface area contributed by atoms with Crippen molar-refractivity contribution in [2.75, 3.05) is 0 Å². The zero-order valence-corrected chi connectivity index (χ0v) is 22.5. The van der Waals surface area contributed by atoms with Gasteiger partial charge in [-0.05, 0) is 24.6 Å². The molecule has 0 aliphatic heterocycles. The van der Waals surface area contributed by atoms with E-state index in [-0.39, 0.29) is 20.1 Å². The summed E-state index contributed by atoms with van der Waals surface area (Å²) in [6, 6.07) is 14.3. The maximum atomic E-state index is 10.7. The van der Waals surface area contributed by atoms with Crippen molar-refractivity contribution >= 4 is 30.4 Å². The molecule has 1 heterocycles. The van der Waals surface area contributed by atoms with Crippen molar-refractivity contribution in [3.63, 3.8) is 0 Å². The number of hydrogen-bond donors (Lipinski definition) is 0. The molecule has 38 heavy (non-hydrogen) atoms. The molecule has 23 heteroatoms. The summed E-state index contributed by atoms with van der Waals surface area (Å²) >= 11 is 0. The molecule has 0 fully saturated rings. The molecule has 10 nitrogen and oxygen atoms in total. The molecule has 0 bridgehead atoms. The Morgan fingerprint density at radius 3 is 1.16 bits per heavy atom. The Balaban J connectivity index is -0.000000441. The maximum Gasteiger partial charge on any atom is 3.00 e. The SMILES string of the molecule is Cc1ccnc(-c2ccccc2)c1.O=S(=O)([O-])C(F)(F)F.O=S(=O)([O-])C(F)(F)F.O=S(=O)([O-])C(F)(F)F.[Ir+3]. The minimum atomic E-state index is -6.09. The Morgan fingerprint density at radius 1 is 0.632 bits per heavy atom. The van der Waals surface area contributed by atoms with Crippen LogP contribution in [0.4, 0.5) is 39.5 Å². The van der Waals surface area contributed by atoms with Crippen molar-refractivity contribution in [1.29, 1.82) is 0 Å². The fraction of sp³-hybridized carbons (Fsp3) is 0.267. The van der Waals surface area contributed by atoms with E-state index in [4.69, 9.17) is 38.9 Å². The second-order valence-corrected chi connectivity index (χ2v) is 9.90. The van der Waals surface area contributed by atoms with Crippen LogP contribution in [0, 0.1) is 6.92 Å². The summed E-state index contributed by atoms with van der Waals surface area (Å²) in [5, 5.41) is 0. The van der Waals surface area contributed by atoms with Gasteiger partial charge in [0.2, 0.25) is 0 Å². The largest absolute Gasteiger partial charge is 3.00 e. The average Bonchev–Trinajstić information content (AvgIpc) is 2.65. The summed E-state index contributed by atoms with van der Waals surface area (Å²) in [4.78, 5) is 4.31. The molecule has 1 aromatic carbocycles. The van der Waals surface area contributed by atoms with E-state index in [1.807, 2.05) is 30.5 Å². The molecule has 1 aromatic heterocycles. The maximum absolute atomic E-state index is 10.7. The number of alkyl halides is 9. The second kappa shape index (κ2) is 15.1. The van der Waals surface area contributed by atoms with Crippen molar-refractivity contribution in [1.82, 2.24) is 4.98 Å². The molecule has 0 aliphatic rings. The van der Waals surface area contributed by atoms with Gasteiger partial charge >= 0.3 is 36.6 Å². The van der Waals surface area contributed by atoms with Crippen molar-refractivity contribution < 1.29 is 98.5 Å². The zero-order chi connectivity index (χ0) is 30.1. The summed E-state index contributed by atoms with van der Waals surface area (Å²) in [7, 11) is -18.3. The number of halogens is 9. The van der Waals surface area contributed by atoms with Gasteiger partial charge in [-0.2, -0.15) is 39.5 Å². The summed E-state index contributed by atoms with van der Waals surface area (Å²) < 4.78 is 177. The monoisotopic (exact) mass is 809 g/mol. The van der Waals surface area contributed by atoms with Gasteiger partial charge in [0, 0.05) is 11.8 Å². The van der Waals surface area contributed by atoms with E-state index in [0.29, 0.717) is 0 Å². The van der Waals surface area contributed by atoms with Gasteiger partial charge in [-0.25, -0.2) is 25.3 Å². The molecule has 0 unspecified atom stereocenters. The van der Waals surface area contributed by atoms with Gasteiger partial charge in [-0.15, -0.1) is 0 Å². The number of benzene rings is 1. The number of nitrogens with zero attached hydrogens (tertiary/aromatic N) is 1. The molecule has 220 valence electrons. The minimum Gasteiger partial charge on any atom is -0.741 e. The fourth-order valence-electron chi connectivity index (χ4n) is 1.30. The number of rotatable bonds is 1. The van der Waals surface area contributed by atoms with Crippen LogP contribution in [-0.4, -0.2) is 60.4 Å². The molecule has 2 rings (SSSR count). The number of aryl methyl sites for hydroxylation is 1. The van der Waals surface area contributed by atoms with E-state index >= 15 is 0 Å². The normalized spacial score (nSPS) is 12.2. The van der Waals surface area contributed by atoms with E-state index in [9.17, 15) is 39.5 Å². The smallest absolute Gasteiger partial charge is 0.741 e. The zero-order valence-electron chi connectivity index (χ0n) is 17.7. The third kappa shape index (κ3) is 16.9. The van der Waals surface area contributed by atoms with Gasteiger partial charge < -0.3 is 13.7 Å². The van der Waals surface area contributed by atoms with Gasteiger partial charge in [0.05, 0.1) is 5.69 Å². The molecular weight excluding hydrogens is 798 g/mol. The van der Waals surface area contributed by atoms with Crippen LogP contribution in [0.2, 0.25) is 0 Å². The van der Waals surface area contributed by atoms with Crippen molar-refractivity contribution in [2.45, 2.75) is 23.4 Å². The summed E-state index contributed by atoms with van der Waals surface area (Å²) in [6.45, 7) is 2.08. The molecule has 0 aliphatic carbocycles. The first-order valence-corrected chi connectivity index (χ1v) is 12.4. The molecule has 2 aromatic rings. The van der Waals surface area contributed by atoms with Crippen LogP contribution in [0.5, 0.6) is 0 Å². The van der Waals surface area contributed by atoms with Crippen LogP contribution in [-0.2, 0) is 50.5 Å². The Bertz CT molecular complexity index is 1210. The summed E-state index contributed by atoms with van der Waals surface area (Å²) in [5.41, 5.74) is -13.5. The molecule has 0 atom stereocenters. The van der Waals surface area contributed by atoms with Crippen LogP contribution < -0.4 is 0 Å². The van der Waals surface area contributed by atoms with Crippen LogP contribution in [0.25, 0.3) is 11.3 Å². The summed E-state index contributed by atoms with van der Waals surface area (Å²) in [5.74, 6) is 0. The van der Waals surface area contributed by atoms with Crippen LogP contribution in [0.1, 0.15) is 5.56 Å². The molecule has 0 saturated carbocycles.